The van der Waals surface area contributed by atoms with E-state index in [0.29, 0.717) is 42.2 Å². The lowest BCUT2D eigenvalue weighted by molar-refractivity contribution is -0.116. The molecule has 1 atom stereocenters. The SMILES string of the molecule is CN=C(NCCCOCC1CCOC1)NCCC(=O)Nc1ccc(C)cc1Cl. The topological polar surface area (TPSA) is 84.0 Å². The van der Waals surface area contributed by atoms with Crippen LogP contribution in [0.5, 0.6) is 0 Å². The molecule has 1 amide bonds. The molecule has 1 fully saturated rings. The summed E-state index contributed by atoms with van der Waals surface area (Å²) in [5.41, 5.74) is 1.68. The number of guanidine groups is 1. The molecule has 1 aliphatic heterocycles. The van der Waals surface area contributed by atoms with Crippen LogP contribution in [0, 0.1) is 12.8 Å². The summed E-state index contributed by atoms with van der Waals surface area (Å²) in [6.45, 7) is 6.34. The number of ether oxygens (including phenoxy) is 2. The van der Waals surface area contributed by atoms with Crippen LogP contribution in [-0.2, 0) is 14.3 Å². The fourth-order valence-corrected chi connectivity index (χ4v) is 3.08. The van der Waals surface area contributed by atoms with E-state index in [1.165, 1.54) is 0 Å². The van der Waals surface area contributed by atoms with Crippen molar-refractivity contribution in [3.8, 4) is 0 Å². The van der Waals surface area contributed by atoms with Gasteiger partial charge in [0.25, 0.3) is 0 Å². The van der Waals surface area contributed by atoms with Crippen molar-refractivity contribution in [2.24, 2.45) is 10.9 Å². The number of aliphatic imine (C=N–C) groups is 1. The summed E-state index contributed by atoms with van der Waals surface area (Å²) in [7, 11) is 1.71. The molecule has 0 aliphatic carbocycles. The molecule has 1 saturated heterocycles. The average molecular weight is 411 g/mol. The number of rotatable bonds is 10. The van der Waals surface area contributed by atoms with Crippen LogP contribution < -0.4 is 16.0 Å². The number of hydrogen-bond acceptors (Lipinski definition) is 4. The minimum atomic E-state index is -0.0991. The Hall–Kier alpha value is -1.83. The Morgan fingerprint density at radius 2 is 2.18 bits per heavy atom. The van der Waals surface area contributed by atoms with E-state index < -0.39 is 0 Å². The largest absolute Gasteiger partial charge is 0.381 e. The third-order valence-electron chi connectivity index (χ3n) is 4.40. The van der Waals surface area contributed by atoms with Crippen molar-refractivity contribution in [3.05, 3.63) is 28.8 Å². The zero-order valence-electron chi connectivity index (χ0n) is 16.7. The summed E-state index contributed by atoms with van der Waals surface area (Å²) in [5, 5.41) is 9.72. The van der Waals surface area contributed by atoms with Crippen LogP contribution in [0.1, 0.15) is 24.8 Å². The molecule has 7 nitrogen and oxygen atoms in total. The molecule has 1 aromatic carbocycles. The second-order valence-electron chi connectivity index (χ2n) is 6.87. The van der Waals surface area contributed by atoms with Crippen LogP contribution >= 0.6 is 11.6 Å². The molecule has 28 heavy (non-hydrogen) atoms. The summed E-state index contributed by atoms with van der Waals surface area (Å²) < 4.78 is 11.0. The van der Waals surface area contributed by atoms with E-state index in [9.17, 15) is 4.79 Å². The maximum Gasteiger partial charge on any atom is 0.226 e. The molecule has 1 aromatic rings. The number of carbonyl (C=O) groups excluding carboxylic acids is 1. The second kappa shape index (κ2) is 12.6. The molecule has 0 aromatic heterocycles. The Balaban J connectivity index is 1.54. The number of anilines is 1. The van der Waals surface area contributed by atoms with Gasteiger partial charge in [0.15, 0.2) is 5.96 Å². The molecular weight excluding hydrogens is 380 g/mol. The van der Waals surface area contributed by atoms with Crippen LogP contribution in [0.3, 0.4) is 0 Å². The number of benzene rings is 1. The van der Waals surface area contributed by atoms with Gasteiger partial charge >= 0.3 is 0 Å². The van der Waals surface area contributed by atoms with E-state index in [4.69, 9.17) is 21.1 Å². The number of amides is 1. The lowest BCUT2D eigenvalue weighted by Crippen LogP contribution is -2.39. The van der Waals surface area contributed by atoms with Crippen LogP contribution in [0.15, 0.2) is 23.2 Å². The Morgan fingerprint density at radius 1 is 1.36 bits per heavy atom. The monoisotopic (exact) mass is 410 g/mol. The van der Waals surface area contributed by atoms with Gasteiger partial charge in [-0.2, -0.15) is 0 Å². The van der Waals surface area contributed by atoms with E-state index in [-0.39, 0.29) is 5.91 Å². The molecule has 8 heteroatoms. The molecule has 0 bridgehead atoms. The molecular formula is C20H31ClN4O3. The van der Waals surface area contributed by atoms with Gasteiger partial charge in [0.1, 0.15) is 0 Å². The van der Waals surface area contributed by atoms with E-state index in [1.54, 1.807) is 7.05 Å². The molecule has 0 spiro atoms. The van der Waals surface area contributed by atoms with Crippen LogP contribution in [0.4, 0.5) is 5.69 Å². The molecule has 1 aliphatic rings. The van der Waals surface area contributed by atoms with Gasteiger partial charge < -0.3 is 25.4 Å². The normalized spacial score (nSPS) is 16.8. The maximum absolute atomic E-state index is 12.1. The van der Waals surface area contributed by atoms with E-state index in [1.807, 2.05) is 25.1 Å². The van der Waals surface area contributed by atoms with Crippen molar-refractivity contribution in [1.29, 1.82) is 0 Å². The minimum Gasteiger partial charge on any atom is -0.381 e. The van der Waals surface area contributed by atoms with E-state index in [0.717, 1.165) is 44.8 Å². The van der Waals surface area contributed by atoms with Gasteiger partial charge in [-0.3, -0.25) is 9.79 Å². The Kier molecular flexibility index (Phi) is 10.1. The number of aryl methyl sites for hydroxylation is 1. The van der Waals surface area contributed by atoms with E-state index in [2.05, 4.69) is 20.9 Å². The first-order valence-corrected chi connectivity index (χ1v) is 10.1. The van der Waals surface area contributed by atoms with Gasteiger partial charge in [0.2, 0.25) is 5.91 Å². The predicted molar refractivity (Wildman–Crippen MR) is 113 cm³/mol. The standard InChI is InChI=1S/C20H31ClN4O3/c1-15-4-5-18(17(21)12-15)25-19(26)6-9-24-20(22-2)23-8-3-10-27-13-16-7-11-28-14-16/h4-5,12,16H,3,6-11,13-14H2,1-2H3,(H,25,26)(H2,22,23,24). The first-order valence-electron chi connectivity index (χ1n) is 9.74. The third kappa shape index (κ3) is 8.46. The van der Waals surface area contributed by atoms with Crippen molar-refractivity contribution in [1.82, 2.24) is 10.6 Å². The minimum absolute atomic E-state index is 0.0991. The summed E-state index contributed by atoms with van der Waals surface area (Å²) >= 11 is 6.13. The van der Waals surface area contributed by atoms with Crippen LogP contribution in [0.2, 0.25) is 5.02 Å². The van der Waals surface area contributed by atoms with Crippen molar-refractivity contribution in [3.63, 3.8) is 0 Å². The third-order valence-corrected chi connectivity index (χ3v) is 4.71. The number of hydrogen-bond donors (Lipinski definition) is 3. The molecule has 156 valence electrons. The highest BCUT2D eigenvalue weighted by atomic mass is 35.5. The van der Waals surface area contributed by atoms with Gasteiger partial charge in [-0.1, -0.05) is 17.7 Å². The van der Waals surface area contributed by atoms with Crippen molar-refractivity contribution in [2.75, 3.05) is 51.9 Å². The van der Waals surface area contributed by atoms with Crippen LogP contribution in [0.25, 0.3) is 0 Å². The zero-order chi connectivity index (χ0) is 20.2. The maximum atomic E-state index is 12.1. The Bertz CT molecular complexity index is 648. The summed E-state index contributed by atoms with van der Waals surface area (Å²) in [4.78, 5) is 16.2. The smallest absolute Gasteiger partial charge is 0.226 e. The molecule has 0 radical (unpaired) electrons. The fraction of sp³-hybridized carbons (Fsp3) is 0.600. The first-order chi connectivity index (χ1) is 13.6. The summed E-state index contributed by atoms with van der Waals surface area (Å²) in [5.74, 6) is 1.12. The van der Waals surface area contributed by atoms with Gasteiger partial charge in [-0.05, 0) is 37.5 Å². The highest BCUT2D eigenvalue weighted by Gasteiger charge is 2.15. The van der Waals surface area contributed by atoms with Crippen molar-refractivity contribution >= 4 is 29.2 Å². The number of carbonyl (C=O) groups is 1. The lowest BCUT2D eigenvalue weighted by Gasteiger charge is -2.13. The van der Waals surface area contributed by atoms with Gasteiger partial charge in [0.05, 0.1) is 23.9 Å². The van der Waals surface area contributed by atoms with E-state index >= 15 is 0 Å². The van der Waals surface area contributed by atoms with Crippen molar-refractivity contribution in [2.45, 2.75) is 26.2 Å². The van der Waals surface area contributed by atoms with Crippen molar-refractivity contribution < 1.29 is 14.3 Å². The van der Waals surface area contributed by atoms with Gasteiger partial charge in [0, 0.05) is 45.7 Å². The number of nitrogens with one attached hydrogen (secondary N) is 3. The molecule has 3 N–H and O–H groups in total. The first kappa shape index (κ1) is 22.5. The molecule has 2 rings (SSSR count). The molecule has 1 unspecified atom stereocenters. The fourth-order valence-electron chi connectivity index (χ4n) is 2.80. The predicted octanol–water partition coefficient (Wildman–Crippen LogP) is 2.59. The number of halogens is 1. The molecule has 1 heterocycles. The Labute approximate surface area is 172 Å². The van der Waals surface area contributed by atoms with Gasteiger partial charge in [-0.15, -0.1) is 0 Å². The second-order valence-corrected chi connectivity index (χ2v) is 7.27. The highest BCUT2D eigenvalue weighted by molar-refractivity contribution is 6.33. The summed E-state index contributed by atoms with van der Waals surface area (Å²) in [6, 6.07) is 5.55. The quantitative estimate of drug-likeness (QED) is 0.313. The van der Waals surface area contributed by atoms with Gasteiger partial charge in [-0.25, -0.2) is 0 Å². The average Bonchev–Trinajstić information content (AvgIpc) is 3.18. The summed E-state index contributed by atoms with van der Waals surface area (Å²) in [6.07, 6.45) is 2.30. The molecule has 0 saturated carbocycles. The zero-order valence-corrected chi connectivity index (χ0v) is 17.5. The van der Waals surface area contributed by atoms with Crippen LogP contribution in [-0.4, -0.2) is 58.4 Å². The number of nitrogens with zero attached hydrogens (tertiary/aromatic N) is 1. The lowest BCUT2D eigenvalue weighted by atomic mass is 10.1. The Morgan fingerprint density at radius 3 is 2.89 bits per heavy atom. The highest BCUT2D eigenvalue weighted by Crippen LogP contribution is 2.22.